The Hall–Kier alpha value is -3.72. The van der Waals surface area contributed by atoms with Gasteiger partial charge in [0.1, 0.15) is 23.6 Å². The predicted octanol–water partition coefficient (Wildman–Crippen LogP) is 5.83. The minimum atomic E-state index is -0.240. The predicted molar refractivity (Wildman–Crippen MR) is 160 cm³/mol. The fourth-order valence-electron chi connectivity index (χ4n) is 5.39. The van der Waals surface area contributed by atoms with E-state index in [0.29, 0.717) is 48.1 Å². The van der Waals surface area contributed by atoms with E-state index in [1.54, 1.807) is 62.9 Å². The molecule has 0 atom stereocenters. The van der Waals surface area contributed by atoms with Crippen molar-refractivity contribution in [3.63, 3.8) is 0 Å². The zero-order valence-corrected chi connectivity index (χ0v) is 25.2. The average molecular weight is 581 g/mol. The molecule has 0 spiro atoms. The van der Waals surface area contributed by atoms with Gasteiger partial charge in [-0.3, -0.25) is 9.59 Å². The number of amides is 2. The number of thiophene rings is 1. The largest absolute Gasteiger partial charge is 0.496 e. The summed E-state index contributed by atoms with van der Waals surface area (Å²) in [5, 5.41) is 2.01. The number of methoxy groups -OCH3 is 4. The Balaban J connectivity index is 1.60. The number of nitrogens with zero attached hydrogens (tertiary/aromatic N) is 2. The molecule has 1 heterocycles. The second kappa shape index (κ2) is 14.8. The molecular formula is C32H40N2O6S. The van der Waals surface area contributed by atoms with Crippen molar-refractivity contribution in [2.45, 2.75) is 51.1 Å². The van der Waals surface area contributed by atoms with E-state index in [0.717, 1.165) is 42.5 Å². The second-order valence-corrected chi connectivity index (χ2v) is 11.1. The van der Waals surface area contributed by atoms with Crippen LogP contribution in [-0.4, -0.2) is 69.2 Å². The quantitative estimate of drug-likeness (QED) is 0.253. The fourth-order valence-corrected chi connectivity index (χ4v) is 6.11. The van der Waals surface area contributed by atoms with Gasteiger partial charge in [0, 0.05) is 17.5 Å². The van der Waals surface area contributed by atoms with E-state index in [-0.39, 0.29) is 24.4 Å². The van der Waals surface area contributed by atoms with E-state index >= 15 is 0 Å². The highest BCUT2D eigenvalue weighted by molar-refractivity contribution is 7.09. The van der Waals surface area contributed by atoms with Crippen molar-refractivity contribution in [3.05, 3.63) is 69.9 Å². The summed E-state index contributed by atoms with van der Waals surface area (Å²) in [6.07, 6.45) is 5.57. The van der Waals surface area contributed by atoms with Gasteiger partial charge in [0.2, 0.25) is 5.91 Å². The van der Waals surface area contributed by atoms with Gasteiger partial charge in [-0.15, -0.1) is 11.3 Å². The van der Waals surface area contributed by atoms with Crippen LogP contribution >= 0.6 is 11.3 Å². The Morgan fingerprint density at radius 2 is 1.51 bits per heavy atom. The van der Waals surface area contributed by atoms with Crippen LogP contribution in [0.25, 0.3) is 0 Å². The van der Waals surface area contributed by atoms with Gasteiger partial charge in [-0.2, -0.15) is 0 Å². The number of benzene rings is 2. The van der Waals surface area contributed by atoms with Crippen molar-refractivity contribution in [3.8, 4) is 23.0 Å². The maximum absolute atomic E-state index is 14.2. The molecule has 1 aliphatic carbocycles. The van der Waals surface area contributed by atoms with Crippen molar-refractivity contribution in [1.82, 2.24) is 9.80 Å². The van der Waals surface area contributed by atoms with E-state index in [4.69, 9.17) is 18.9 Å². The molecule has 220 valence electrons. The molecule has 0 N–H and O–H groups in total. The van der Waals surface area contributed by atoms with E-state index < -0.39 is 0 Å². The number of carbonyl (C=O) groups is 2. The normalized spacial score (nSPS) is 13.4. The summed E-state index contributed by atoms with van der Waals surface area (Å²) in [6.45, 7) is 0.966. The van der Waals surface area contributed by atoms with Gasteiger partial charge in [-0.1, -0.05) is 37.5 Å². The van der Waals surface area contributed by atoms with E-state index in [2.05, 4.69) is 0 Å². The molecule has 9 heteroatoms. The van der Waals surface area contributed by atoms with Gasteiger partial charge < -0.3 is 28.7 Å². The molecule has 0 radical (unpaired) electrons. The Kier molecular flexibility index (Phi) is 10.9. The molecule has 1 aromatic heterocycles. The third-order valence-corrected chi connectivity index (χ3v) is 8.48. The number of ether oxygens (including phenoxy) is 4. The van der Waals surface area contributed by atoms with Gasteiger partial charge in [0.25, 0.3) is 5.91 Å². The molecule has 2 aromatic carbocycles. The van der Waals surface area contributed by atoms with Crippen LogP contribution in [0.4, 0.5) is 0 Å². The molecule has 8 nitrogen and oxygen atoms in total. The monoisotopic (exact) mass is 580 g/mol. The molecule has 1 fully saturated rings. The van der Waals surface area contributed by atoms with Crippen LogP contribution in [0.2, 0.25) is 0 Å². The highest BCUT2D eigenvalue weighted by Gasteiger charge is 2.33. The van der Waals surface area contributed by atoms with Crippen LogP contribution in [-0.2, 0) is 17.8 Å². The highest BCUT2D eigenvalue weighted by Crippen LogP contribution is 2.33. The summed E-state index contributed by atoms with van der Waals surface area (Å²) in [4.78, 5) is 32.9. The maximum Gasteiger partial charge on any atom is 0.262 e. The molecule has 41 heavy (non-hydrogen) atoms. The zero-order chi connectivity index (χ0) is 29.2. The topological polar surface area (TPSA) is 77.5 Å². The number of hydrogen-bond donors (Lipinski definition) is 0. The minimum absolute atomic E-state index is 0.0119. The van der Waals surface area contributed by atoms with Gasteiger partial charge in [-0.25, -0.2) is 0 Å². The molecule has 0 aliphatic heterocycles. The molecule has 3 aromatic rings. The highest BCUT2D eigenvalue weighted by atomic mass is 32.1. The van der Waals surface area contributed by atoms with Crippen LogP contribution in [0.15, 0.2) is 53.9 Å². The second-order valence-electron chi connectivity index (χ2n) is 10.1. The minimum Gasteiger partial charge on any atom is -0.496 e. The lowest BCUT2D eigenvalue weighted by Gasteiger charge is -2.36. The number of carbonyl (C=O) groups excluding carboxylic acids is 2. The first-order valence-electron chi connectivity index (χ1n) is 14.0. The van der Waals surface area contributed by atoms with Crippen LogP contribution in [0.5, 0.6) is 23.0 Å². The van der Waals surface area contributed by atoms with Crippen molar-refractivity contribution in [2.75, 3.05) is 41.5 Å². The summed E-state index contributed by atoms with van der Waals surface area (Å²) in [7, 11) is 6.30. The smallest absolute Gasteiger partial charge is 0.262 e. The summed E-state index contributed by atoms with van der Waals surface area (Å²) < 4.78 is 22.0. The summed E-state index contributed by atoms with van der Waals surface area (Å²) >= 11 is 1.62. The zero-order valence-electron chi connectivity index (χ0n) is 24.4. The first kappa shape index (κ1) is 30.2. The molecule has 4 rings (SSSR count). The Bertz CT molecular complexity index is 1270. The van der Waals surface area contributed by atoms with Crippen LogP contribution < -0.4 is 18.9 Å². The first-order chi connectivity index (χ1) is 20.0. The molecular weight excluding hydrogens is 540 g/mol. The Morgan fingerprint density at radius 3 is 2.12 bits per heavy atom. The van der Waals surface area contributed by atoms with Crippen molar-refractivity contribution in [1.29, 1.82) is 0 Å². The third-order valence-electron chi connectivity index (χ3n) is 7.62. The fraction of sp³-hybridized carbons (Fsp3) is 0.438. The lowest BCUT2D eigenvalue weighted by molar-refractivity contribution is -0.133. The molecule has 0 saturated heterocycles. The lowest BCUT2D eigenvalue weighted by atomic mass is 9.93. The van der Waals surface area contributed by atoms with Gasteiger partial charge in [-0.05, 0) is 60.5 Å². The summed E-state index contributed by atoms with van der Waals surface area (Å²) in [5.41, 5.74) is 1.39. The molecule has 0 unspecified atom stereocenters. The summed E-state index contributed by atoms with van der Waals surface area (Å²) in [6, 6.07) is 15.1. The average Bonchev–Trinajstić information content (AvgIpc) is 3.54. The third kappa shape index (κ3) is 7.52. The Labute approximate surface area is 246 Å². The lowest BCUT2D eigenvalue weighted by Crippen LogP contribution is -2.48. The van der Waals surface area contributed by atoms with E-state index in [9.17, 15) is 9.59 Å². The number of hydrogen-bond acceptors (Lipinski definition) is 7. The standard InChI is InChI=1S/C32H40N2O6S/c1-37-26-16-15-23(20-29(26)40-4)17-18-33(21-25-12-9-19-41-25)30(35)22-34(24-10-6-5-7-11-24)32(36)31-27(38-2)13-8-14-28(31)39-3/h8-9,12-16,19-20,24H,5-7,10-11,17-18,21-22H2,1-4H3. The van der Waals surface area contributed by atoms with Gasteiger partial charge in [0.05, 0.1) is 35.0 Å². The maximum atomic E-state index is 14.2. The van der Waals surface area contributed by atoms with Gasteiger partial charge >= 0.3 is 0 Å². The van der Waals surface area contributed by atoms with E-state index in [1.807, 2.05) is 40.6 Å². The SMILES string of the molecule is COc1ccc(CCN(Cc2cccs2)C(=O)CN(C(=O)c2c(OC)cccc2OC)C2CCCCC2)cc1OC. The van der Waals surface area contributed by atoms with Gasteiger partial charge in [0.15, 0.2) is 11.5 Å². The van der Waals surface area contributed by atoms with Crippen LogP contribution in [0.3, 0.4) is 0 Å². The van der Waals surface area contributed by atoms with Crippen LogP contribution in [0.1, 0.15) is 52.9 Å². The van der Waals surface area contributed by atoms with Crippen LogP contribution in [0, 0.1) is 0 Å². The molecule has 1 saturated carbocycles. The van der Waals surface area contributed by atoms with Crippen molar-refractivity contribution >= 4 is 23.2 Å². The van der Waals surface area contributed by atoms with Crippen molar-refractivity contribution in [2.24, 2.45) is 0 Å². The van der Waals surface area contributed by atoms with Crippen molar-refractivity contribution < 1.29 is 28.5 Å². The molecule has 0 bridgehead atoms. The molecule has 1 aliphatic rings. The molecule has 2 amide bonds. The first-order valence-corrected chi connectivity index (χ1v) is 14.9. The van der Waals surface area contributed by atoms with E-state index in [1.165, 1.54) is 0 Å². The Morgan fingerprint density at radius 1 is 0.829 bits per heavy atom. The summed E-state index contributed by atoms with van der Waals surface area (Å²) in [5.74, 6) is 1.86. The number of rotatable bonds is 13.